The smallest absolute Gasteiger partial charge is 0.0569 e. The number of aliphatic hydroxyl groups is 1. The summed E-state index contributed by atoms with van der Waals surface area (Å²) in [6, 6.07) is 0. The fourth-order valence-corrected chi connectivity index (χ4v) is 9.34. The fourth-order valence-electron chi connectivity index (χ4n) is 9.34. The van der Waals surface area contributed by atoms with E-state index in [-0.39, 0.29) is 6.10 Å². The molecule has 0 amide bonds. The largest absolute Gasteiger partial charge is 0.393 e. The Kier molecular flexibility index (Phi) is 6.05. The highest BCUT2D eigenvalue weighted by Crippen LogP contribution is 2.72. The molecular weight excluding hydrogens is 364 g/mol. The topological polar surface area (TPSA) is 20.2 Å². The van der Waals surface area contributed by atoms with Crippen LogP contribution in [0.1, 0.15) is 113 Å². The zero-order valence-corrected chi connectivity index (χ0v) is 21.1. The molecule has 0 radical (unpaired) electrons. The summed E-state index contributed by atoms with van der Waals surface area (Å²) < 4.78 is 0. The summed E-state index contributed by atoms with van der Waals surface area (Å²) in [6.07, 6.45) is 16.0. The number of fused-ring (bicyclic) bond motifs is 5. The summed E-state index contributed by atoms with van der Waals surface area (Å²) in [5.41, 5.74) is 3.11. The maximum atomic E-state index is 10.6. The summed E-state index contributed by atoms with van der Waals surface area (Å²) in [4.78, 5) is 0. The van der Waals surface area contributed by atoms with Gasteiger partial charge in [0.2, 0.25) is 0 Å². The van der Waals surface area contributed by atoms with Crippen molar-refractivity contribution in [2.75, 3.05) is 0 Å². The van der Waals surface area contributed by atoms with Crippen LogP contribution in [0.4, 0.5) is 0 Å². The maximum absolute atomic E-state index is 10.6. The third kappa shape index (κ3) is 3.27. The number of rotatable bonds is 5. The van der Waals surface area contributed by atoms with E-state index in [2.05, 4.69) is 54.5 Å². The molecule has 0 spiro atoms. The second-order valence-electron chi connectivity index (χ2n) is 13.3. The Balaban J connectivity index is 1.59. The Labute approximate surface area is 187 Å². The van der Waals surface area contributed by atoms with Gasteiger partial charge in [0.1, 0.15) is 0 Å². The maximum Gasteiger partial charge on any atom is 0.0569 e. The van der Waals surface area contributed by atoms with Crippen molar-refractivity contribution in [2.45, 2.75) is 119 Å². The molecule has 172 valence electrons. The van der Waals surface area contributed by atoms with E-state index >= 15 is 0 Å². The highest BCUT2D eigenvalue weighted by atomic mass is 16.3. The third-order valence-corrected chi connectivity index (χ3v) is 11.6. The van der Waals surface area contributed by atoms with Crippen LogP contribution < -0.4 is 0 Å². The molecule has 1 nitrogen and oxygen atoms in total. The van der Waals surface area contributed by atoms with Gasteiger partial charge in [0, 0.05) is 0 Å². The predicted octanol–water partition coefficient (Wildman–Crippen LogP) is 8.02. The monoisotopic (exact) mass is 414 g/mol. The first-order chi connectivity index (χ1) is 14.0. The molecule has 1 N–H and O–H groups in total. The van der Waals surface area contributed by atoms with Gasteiger partial charge in [0.15, 0.2) is 0 Å². The zero-order valence-electron chi connectivity index (χ0n) is 21.1. The van der Waals surface area contributed by atoms with Crippen LogP contribution in [0.25, 0.3) is 0 Å². The molecule has 0 aromatic rings. The van der Waals surface area contributed by atoms with Crippen molar-refractivity contribution in [1.29, 1.82) is 0 Å². The Morgan fingerprint density at radius 2 is 1.70 bits per heavy atom. The van der Waals surface area contributed by atoms with Gasteiger partial charge in [-0.1, -0.05) is 79.4 Å². The van der Waals surface area contributed by atoms with Crippen LogP contribution in [0.2, 0.25) is 0 Å². The predicted molar refractivity (Wildman–Crippen MR) is 128 cm³/mol. The van der Waals surface area contributed by atoms with Gasteiger partial charge >= 0.3 is 0 Å². The number of hydrogen-bond donors (Lipinski definition) is 1. The van der Waals surface area contributed by atoms with Crippen molar-refractivity contribution in [2.24, 2.45) is 51.8 Å². The van der Waals surface area contributed by atoms with Crippen molar-refractivity contribution in [3.63, 3.8) is 0 Å². The molecule has 4 aliphatic carbocycles. The number of hydrogen-bond acceptors (Lipinski definition) is 1. The lowest BCUT2D eigenvalue weighted by Gasteiger charge is -2.62. The number of allylic oxidation sites excluding steroid dienone is 2. The first-order valence-corrected chi connectivity index (χ1v) is 13.4. The van der Waals surface area contributed by atoms with E-state index in [4.69, 9.17) is 0 Å². The Hall–Kier alpha value is -0.300. The Morgan fingerprint density at radius 1 is 0.967 bits per heavy atom. The molecule has 0 aromatic carbocycles. The van der Waals surface area contributed by atoms with Crippen LogP contribution in [-0.4, -0.2) is 11.2 Å². The van der Waals surface area contributed by atoms with E-state index in [1.807, 2.05) is 5.57 Å². The van der Waals surface area contributed by atoms with Crippen molar-refractivity contribution in [1.82, 2.24) is 0 Å². The van der Waals surface area contributed by atoms with Gasteiger partial charge in [0.05, 0.1) is 6.10 Å². The highest BCUT2D eigenvalue weighted by Gasteiger charge is 2.63. The van der Waals surface area contributed by atoms with Gasteiger partial charge in [0.25, 0.3) is 0 Å². The lowest BCUT2D eigenvalue weighted by molar-refractivity contribution is -0.0780. The highest BCUT2D eigenvalue weighted by molar-refractivity contribution is 5.32. The van der Waals surface area contributed by atoms with Gasteiger partial charge < -0.3 is 5.11 Å². The Morgan fingerprint density at radius 3 is 2.40 bits per heavy atom. The van der Waals surface area contributed by atoms with Gasteiger partial charge in [-0.2, -0.15) is 0 Å². The normalized spacial score (nSPS) is 49.2. The van der Waals surface area contributed by atoms with E-state index in [0.29, 0.717) is 28.1 Å². The van der Waals surface area contributed by atoms with Gasteiger partial charge in [-0.25, -0.2) is 0 Å². The molecule has 4 aliphatic rings. The second kappa shape index (κ2) is 7.93. The van der Waals surface area contributed by atoms with E-state index < -0.39 is 0 Å². The van der Waals surface area contributed by atoms with Crippen molar-refractivity contribution >= 4 is 0 Å². The molecule has 1 heteroatoms. The van der Waals surface area contributed by atoms with Crippen LogP contribution in [0.15, 0.2) is 11.6 Å². The van der Waals surface area contributed by atoms with Crippen LogP contribution in [0, 0.1) is 51.8 Å². The average Bonchev–Trinajstić information content (AvgIpc) is 2.96. The summed E-state index contributed by atoms with van der Waals surface area (Å²) in [6.45, 7) is 17.6. The molecule has 9 atom stereocenters. The van der Waals surface area contributed by atoms with E-state index in [0.717, 1.165) is 30.1 Å². The van der Waals surface area contributed by atoms with Crippen molar-refractivity contribution in [3.05, 3.63) is 11.6 Å². The average molecular weight is 415 g/mol. The summed E-state index contributed by atoms with van der Waals surface area (Å²) in [5.74, 6) is 4.53. The zero-order chi connectivity index (χ0) is 21.9. The fraction of sp³-hybridized carbons (Fsp3) is 0.931. The molecule has 0 bridgehead atoms. The lowest BCUT2D eigenvalue weighted by Crippen LogP contribution is -2.55. The lowest BCUT2D eigenvalue weighted by atomic mass is 9.43. The summed E-state index contributed by atoms with van der Waals surface area (Å²) in [5, 5.41) is 10.6. The molecule has 30 heavy (non-hydrogen) atoms. The van der Waals surface area contributed by atoms with Crippen LogP contribution in [0.5, 0.6) is 0 Å². The van der Waals surface area contributed by atoms with E-state index in [1.54, 1.807) is 0 Å². The molecule has 0 unspecified atom stereocenters. The molecule has 3 saturated carbocycles. The van der Waals surface area contributed by atoms with Gasteiger partial charge in [-0.3, -0.25) is 0 Å². The first kappa shape index (κ1) is 22.9. The SMILES string of the molecule is CC(C)CCC[C@H](C)[C@@H]1CC[C@]2(C)[C@@H]3CC[C@@H]4[C@@H](C)[C@H](O)CC[C@@]4(C)C3=CC[C@@]12C. The molecule has 0 heterocycles. The Bertz CT molecular complexity index is 663. The van der Waals surface area contributed by atoms with Crippen molar-refractivity contribution < 1.29 is 5.11 Å². The van der Waals surface area contributed by atoms with Crippen LogP contribution >= 0.6 is 0 Å². The molecule has 3 fully saturated rings. The minimum absolute atomic E-state index is 0.0767. The molecule has 0 saturated heterocycles. The van der Waals surface area contributed by atoms with Crippen LogP contribution in [-0.2, 0) is 0 Å². The molecule has 0 aromatic heterocycles. The van der Waals surface area contributed by atoms with E-state index in [1.165, 1.54) is 57.8 Å². The van der Waals surface area contributed by atoms with Gasteiger partial charge in [-0.05, 0) is 96.7 Å². The minimum atomic E-state index is -0.0767. The van der Waals surface area contributed by atoms with Crippen molar-refractivity contribution in [3.8, 4) is 0 Å². The summed E-state index contributed by atoms with van der Waals surface area (Å²) >= 11 is 0. The first-order valence-electron chi connectivity index (χ1n) is 13.4. The van der Waals surface area contributed by atoms with Crippen LogP contribution in [0.3, 0.4) is 0 Å². The van der Waals surface area contributed by atoms with E-state index in [9.17, 15) is 5.11 Å². The number of aliphatic hydroxyl groups excluding tert-OH is 1. The van der Waals surface area contributed by atoms with Gasteiger partial charge in [-0.15, -0.1) is 0 Å². The molecule has 0 aliphatic heterocycles. The minimum Gasteiger partial charge on any atom is -0.393 e. The standard InChI is InChI=1S/C29H50O/c1-19(2)9-8-10-20(3)22-13-17-29(7)25-12-11-23-21(4)26(30)15-16-27(23,5)24(25)14-18-28(22,29)6/h14,19-23,25-26,30H,8-13,15-18H2,1-7H3/t20-,21+,22-,23+,25+,26+,27+,28-,29+/m0/s1. The quantitative estimate of drug-likeness (QED) is 0.451. The molecular formula is C29H50O. The second-order valence-corrected chi connectivity index (χ2v) is 13.3. The summed E-state index contributed by atoms with van der Waals surface area (Å²) in [7, 11) is 0. The third-order valence-electron chi connectivity index (χ3n) is 11.6. The molecule has 4 rings (SSSR count).